The summed E-state index contributed by atoms with van der Waals surface area (Å²) < 4.78 is 1.58. The Balaban J connectivity index is 2.41. The zero-order valence-electron chi connectivity index (χ0n) is 11.4. The summed E-state index contributed by atoms with van der Waals surface area (Å²) in [5.41, 5.74) is 1.26. The van der Waals surface area contributed by atoms with Crippen LogP contribution in [0.2, 0.25) is 0 Å². The van der Waals surface area contributed by atoms with Crippen LogP contribution in [-0.2, 0) is 0 Å². The molecule has 0 aliphatic carbocycles. The average molecular weight is 260 g/mol. The maximum atomic E-state index is 11.8. The van der Waals surface area contributed by atoms with Crippen LogP contribution < -0.4 is 5.32 Å². The van der Waals surface area contributed by atoms with Crippen molar-refractivity contribution in [3.8, 4) is 5.82 Å². The number of nitrogens with one attached hydrogen (secondary N) is 1. The Kier molecular flexibility index (Phi) is 3.46. The first-order chi connectivity index (χ1) is 9.04. The van der Waals surface area contributed by atoms with Crippen LogP contribution in [0.3, 0.4) is 0 Å². The maximum Gasteiger partial charge on any atom is 0.273 e. The van der Waals surface area contributed by atoms with E-state index >= 15 is 0 Å². The van der Waals surface area contributed by atoms with E-state index in [2.05, 4.69) is 20.4 Å². The Bertz CT molecular complexity index is 604. The van der Waals surface area contributed by atoms with Gasteiger partial charge in [-0.05, 0) is 13.0 Å². The highest BCUT2D eigenvalue weighted by Gasteiger charge is 2.14. The molecular formula is C12H16N6O. The molecule has 0 radical (unpaired) electrons. The summed E-state index contributed by atoms with van der Waals surface area (Å²) in [6.45, 7) is 1.90. The molecular weight excluding hydrogens is 244 g/mol. The van der Waals surface area contributed by atoms with Crippen molar-refractivity contribution in [2.75, 3.05) is 26.5 Å². The molecule has 0 unspecified atom stereocenters. The Morgan fingerprint density at radius 1 is 1.37 bits per heavy atom. The van der Waals surface area contributed by atoms with Gasteiger partial charge in [-0.15, -0.1) is 0 Å². The second-order valence-corrected chi connectivity index (χ2v) is 4.27. The number of hydrogen-bond acceptors (Lipinski definition) is 5. The van der Waals surface area contributed by atoms with E-state index in [0.29, 0.717) is 11.5 Å². The van der Waals surface area contributed by atoms with Crippen molar-refractivity contribution in [2.45, 2.75) is 6.92 Å². The molecule has 7 nitrogen and oxygen atoms in total. The molecule has 2 aromatic rings. The largest absolute Gasteiger partial charge is 0.373 e. The molecule has 0 aromatic carbocycles. The quantitative estimate of drug-likeness (QED) is 0.879. The van der Waals surface area contributed by atoms with Gasteiger partial charge in [0.2, 0.25) is 0 Å². The van der Waals surface area contributed by atoms with Crippen LogP contribution in [0.5, 0.6) is 0 Å². The van der Waals surface area contributed by atoms with Gasteiger partial charge in [-0.3, -0.25) is 4.79 Å². The van der Waals surface area contributed by atoms with Crippen molar-refractivity contribution < 1.29 is 4.79 Å². The van der Waals surface area contributed by atoms with Crippen LogP contribution in [0.1, 0.15) is 16.1 Å². The Hall–Kier alpha value is -2.44. The maximum absolute atomic E-state index is 11.8. The van der Waals surface area contributed by atoms with E-state index in [0.717, 1.165) is 11.4 Å². The van der Waals surface area contributed by atoms with Gasteiger partial charge in [-0.25, -0.2) is 14.6 Å². The molecule has 100 valence electrons. The lowest BCUT2D eigenvalue weighted by Gasteiger charge is -2.09. The summed E-state index contributed by atoms with van der Waals surface area (Å²) in [6.07, 6.45) is 3.18. The number of nitrogens with zero attached hydrogens (tertiary/aromatic N) is 5. The minimum absolute atomic E-state index is 0.140. The molecule has 0 bridgehead atoms. The summed E-state index contributed by atoms with van der Waals surface area (Å²) in [6, 6.07) is 1.67. The topological polar surface area (TPSA) is 75.9 Å². The smallest absolute Gasteiger partial charge is 0.273 e. The predicted octanol–water partition coefficient (Wildman–Crippen LogP) is 0.714. The van der Waals surface area contributed by atoms with E-state index in [-0.39, 0.29) is 5.91 Å². The van der Waals surface area contributed by atoms with E-state index in [1.165, 1.54) is 11.2 Å². The normalized spacial score (nSPS) is 10.3. The third kappa shape index (κ3) is 2.40. The highest BCUT2D eigenvalue weighted by Crippen LogP contribution is 2.16. The third-order valence-electron chi connectivity index (χ3n) is 2.73. The van der Waals surface area contributed by atoms with Crippen LogP contribution in [0.25, 0.3) is 5.82 Å². The molecule has 2 rings (SSSR count). The molecule has 7 heteroatoms. The second kappa shape index (κ2) is 5.05. The minimum Gasteiger partial charge on any atom is -0.373 e. The summed E-state index contributed by atoms with van der Waals surface area (Å²) in [5, 5.41) is 7.23. The van der Waals surface area contributed by atoms with E-state index < -0.39 is 0 Å². The van der Waals surface area contributed by atoms with Crippen molar-refractivity contribution in [1.82, 2.24) is 24.6 Å². The zero-order valence-corrected chi connectivity index (χ0v) is 11.4. The van der Waals surface area contributed by atoms with Crippen molar-refractivity contribution in [1.29, 1.82) is 0 Å². The SMILES string of the molecule is CNc1ncnc(-n2ccc(C(=O)N(C)C)n2)c1C. The number of aromatic nitrogens is 4. The van der Waals surface area contributed by atoms with Gasteiger partial charge < -0.3 is 10.2 Å². The number of anilines is 1. The number of hydrogen-bond donors (Lipinski definition) is 1. The van der Waals surface area contributed by atoms with Gasteiger partial charge >= 0.3 is 0 Å². The van der Waals surface area contributed by atoms with Crippen LogP contribution in [0.4, 0.5) is 5.82 Å². The van der Waals surface area contributed by atoms with Gasteiger partial charge in [-0.1, -0.05) is 0 Å². The van der Waals surface area contributed by atoms with Gasteiger partial charge in [0.15, 0.2) is 11.5 Å². The van der Waals surface area contributed by atoms with Crippen molar-refractivity contribution in [3.63, 3.8) is 0 Å². The van der Waals surface area contributed by atoms with Crippen LogP contribution in [0.15, 0.2) is 18.6 Å². The molecule has 0 saturated carbocycles. The molecule has 0 spiro atoms. The number of carbonyl (C=O) groups excluding carboxylic acids is 1. The molecule has 0 aliphatic heterocycles. The van der Waals surface area contributed by atoms with Crippen LogP contribution >= 0.6 is 0 Å². The standard InChI is InChI=1S/C12H16N6O/c1-8-10(13-2)14-7-15-11(8)18-6-5-9(16-18)12(19)17(3)4/h5-7H,1-4H3,(H,13,14,15). The number of carbonyl (C=O) groups is 1. The Morgan fingerprint density at radius 3 is 2.74 bits per heavy atom. The molecule has 0 saturated heterocycles. The number of amides is 1. The van der Waals surface area contributed by atoms with E-state index in [1.54, 1.807) is 38.1 Å². The van der Waals surface area contributed by atoms with Crippen molar-refractivity contribution in [3.05, 3.63) is 29.8 Å². The first-order valence-electron chi connectivity index (χ1n) is 5.81. The molecule has 0 aliphatic rings. The molecule has 0 atom stereocenters. The van der Waals surface area contributed by atoms with E-state index in [4.69, 9.17) is 0 Å². The second-order valence-electron chi connectivity index (χ2n) is 4.27. The van der Waals surface area contributed by atoms with Gasteiger partial charge in [0.25, 0.3) is 5.91 Å². The number of rotatable bonds is 3. The van der Waals surface area contributed by atoms with Crippen LogP contribution in [-0.4, -0.2) is 51.7 Å². The first kappa shape index (κ1) is 13.0. The summed E-state index contributed by atoms with van der Waals surface area (Å²) in [4.78, 5) is 21.6. The monoisotopic (exact) mass is 260 g/mol. The predicted molar refractivity (Wildman–Crippen MR) is 71.5 cm³/mol. The minimum atomic E-state index is -0.140. The fraction of sp³-hybridized carbons (Fsp3) is 0.333. The highest BCUT2D eigenvalue weighted by atomic mass is 16.2. The lowest BCUT2D eigenvalue weighted by molar-refractivity contribution is 0.0821. The first-order valence-corrected chi connectivity index (χ1v) is 5.81. The van der Waals surface area contributed by atoms with E-state index in [1.807, 2.05) is 6.92 Å². The molecule has 1 N–H and O–H groups in total. The van der Waals surface area contributed by atoms with Gasteiger partial charge in [-0.2, -0.15) is 5.10 Å². The van der Waals surface area contributed by atoms with Gasteiger partial charge in [0.05, 0.1) is 0 Å². The Labute approximate surface area is 111 Å². The molecule has 2 aromatic heterocycles. The summed E-state index contributed by atoms with van der Waals surface area (Å²) in [7, 11) is 5.18. The average Bonchev–Trinajstić information content (AvgIpc) is 2.87. The fourth-order valence-electron chi connectivity index (χ4n) is 1.71. The lowest BCUT2D eigenvalue weighted by Crippen LogP contribution is -2.22. The molecule has 1 amide bonds. The molecule has 0 fully saturated rings. The van der Waals surface area contributed by atoms with E-state index in [9.17, 15) is 4.79 Å². The molecule has 2 heterocycles. The summed E-state index contributed by atoms with van der Waals surface area (Å²) >= 11 is 0. The Morgan fingerprint density at radius 2 is 2.11 bits per heavy atom. The third-order valence-corrected chi connectivity index (χ3v) is 2.73. The van der Waals surface area contributed by atoms with Crippen LogP contribution in [0, 0.1) is 6.92 Å². The van der Waals surface area contributed by atoms with Gasteiger partial charge in [0.1, 0.15) is 12.1 Å². The van der Waals surface area contributed by atoms with Crippen molar-refractivity contribution in [2.24, 2.45) is 0 Å². The summed E-state index contributed by atoms with van der Waals surface area (Å²) in [5.74, 6) is 1.25. The molecule has 19 heavy (non-hydrogen) atoms. The zero-order chi connectivity index (χ0) is 14.0. The van der Waals surface area contributed by atoms with Crippen molar-refractivity contribution >= 4 is 11.7 Å². The fourth-order valence-corrected chi connectivity index (χ4v) is 1.71. The lowest BCUT2D eigenvalue weighted by atomic mass is 10.3. The van der Waals surface area contributed by atoms with Gasteiger partial charge in [0, 0.05) is 32.9 Å². The highest BCUT2D eigenvalue weighted by molar-refractivity contribution is 5.91.